The van der Waals surface area contributed by atoms with Crippen LogP contribution in [0.2, 0.25) is 0 Å². The molecule has 5 rings (SSSR count). The molecule has 48 heavy (non-hydrogen) atoms. The molecule has 2 fully saturated rings. The summed E-state index contributed by atoms with van der Waals surface area (Å²) in [6, 6.07) is 22.6. The number of carbonyl (C=O) groups excluding carboxylic acids is 5. The molecule has 0 aromatic heterocycles. The lowest BCUT2D eigenvalue weighted by atomic mass is 9.80. The Balaban J connectivity index is 1.37. The standard InChI is InChI=1S/C37H44N6O5/c1-25(2)22-31(33(45)41-30(23-32(38)44)27-12-6-3-7-13-27)43-34(46)37(20-10-5-11-21-37)42(36(43)48)24-26-16-18-29(19-17-26)40-35(47)39-28-14-8-4-9-15-28/h3-4,6-9,12-19,25,30-31H,5,10-11,20-24H2,1-2H3,(H2,38,44)(H,41,45)(H2,39,40,47). The molecule has 3 aromatic carbocycles. The van der Waals surface area contributed by atoms with E-state index in [1.54, 1.807) is 53.4 Å². The Hall–Kier alpha value is -5.19. The Kier molecular flexibility index (Phi) is 10.8. The molecule has 1 aliphatic carbocycles. The van der Waals surface area contributed by atoms with Gasteiger partial charge in [-0.15, -0.1) is 0 Å². The minimum Gasteiger partial charge on any atom is -0.370 e. The Morgan fingerprint density at radius 2 is 1.40 bits per heavy atom. The molecular weight excluding hydrogens is 608 g/mol. The molecule has 11 nitrogen and oxygen atoms in total. The van der Waals surface area contributed by atoms with E-state index in [4.69, 9.17) is 5.73 Å². The van der Waals surface area contributed by atoms with Gasteiger partial charge < -0.3 is 26.6 Å². The molecule has 1 saturated carbocycles. The molecule has 1 spiro atoms. The quantitative estimate of drug-likeness (QED) is 0.178. The summed E-state index contributed by atoms with van der Waals surface area (Å²) in [4.78, 5) is 70.1. The molecule has 2 unspecified atom stereocenters. The molecule has 252 valence electrons. The van der Waals surface area contributed by atoms with E-state index in [9.17, 15) is 24.0 Å². The average Bonchev–Trinajstić information content (AvgIpc) is 3.25. The highest BCUT2D eigenvalue weighted by molar-refractivity contribution is 6.10. The van der Waals surface area contributed by atoms with Gasteiger partial charge in [0.2, 0.25) is 11.8 Å². The number of primary amides is 1. The number of carbonyl (C=O) groups is 5. The lowest BCUT2D eigenvalue weighted by Crippen LogP contribution is -2.53. The number of hydrogen-bond acceptors (Lipinski definition) is 5. The van der Waals surface area contributed by atoms with Crippen LogP contribution in [0.4, 0.5) is 21.0 Å². The van der Waals surface area contributed by atoms with Crippen molar-refractivity contribution in [2.75, 3.05) is 10.6 Å². The van der Waals surface area contributed by atoms with Crippen LogP contribution in [-0.4, -0.2) is 51.2 Å². The van der Waals surface area contributed by atoms with Gasteiger partial charge in [0.25, 0.3) is 5.91 Å². The van der Waals surface area contributed by atoms with Crippen molar-refractivity contribution in [3.05, 3.63) is 96.1 Å². The second-order valence-electron chi connectivity index (χ2n) is 13.1. The fourth-order valence-electron chi connectivity index (χ4n) is 6.73. The Morgan fingerprint density at radius 1 is 0.812 bits per heavy atom. The van der Waals surface area contributed by atoms with Crippen molar-refractivity contribution in [2.24, 2.45) is 11.7 Å². The summed E-state index contributed by atoms with van der Waals surface area (Å²) in [5, 5.41) is 8.53. The summed E-state index contributed by atoms with van der Waals surface area (Å²) in [7, 11) is 0. The normalized spacial score (nSPS) is 16.9. The fourth-order valence-corrected chi connectivity index (χ4v) is 6.73. The molecule has 0 bridgehead atoms. The van der Waals surface area contributed by atoms with Crippen molar-refractivity contribution in [3.8, 4) is 0 Å². The van der Waals surface area contributed by atoms with E-state index in [1.165, 1.54) is 0 Å². The third-order valence-corrected chi connectivity index (χ3v) is 9.07. The maximum absolute atomic E-state index is 14.4. The third kappa shape index (κ3) is 7.84. The number of urea groups is 2. The second-order valence-corrected chi connectivity index (χ2v) is 13.1. The van der Waals surface area contributed by atoms with E-state index in [0.717, 1.165) is 29.7 Å². The van der Waals surface area contributed by atoms with E-state index in [1.807, 2.05) is 50.2 Å². The van der Waals surface area contributed by atoms with Gasteiger partial charge in [-0.05, 0) is 60.6 Å². The summed E-state index contributed by atoms with van der Waals surface area (Å²) < 4.78 is 0. The predicted molar refractivity (Wildman–Crippen MR) is 184 cm³/mol. The van der Waals surface area contributed by atoms with Crippen molar-refractivity contribution in [3.63, 3.8) is 0 Å². The number of amides is 7. The van der Waals surface area contributed by atoms with Crippen molar-refractivity contribution < 1.29 is 24.0 Å². The van der Waals surface area contributed by atoms with Crippen LogP contribution < -0.4 is 21.7 Å². The zero-order chi connectivity index (χ0) is 34.3. The van der Waals surface area contributed by atoms with E-state index < -0.39 is 35.5 Å². The first-order valence-corrected chi connectivity index (χ1v) is 16.6. The summed E-state index contributed by atoms with van der Waals surface area (Å²) >= 11 is 0. The molecule has 1 saturated heterocycles. The summed E-state index contributed by atoms with van der Waals surface area (Å²) in [5.74, 6) is -1.45. The van der Waals surface area contributed by atoms with Crippen molar-refractivity contribution in [2.45, 2.75) is 83.0 Å². The topological polar surface area (TPSA) is 154 Å². The molecule has 7 amide bonds. The van der Waals surface area contributed by atoms with E-state index in [-0.39, 0.29) is 37.2 Å². The van der Waals surface area contributed by atoms with Crippen LogP contribution in [0.25, 0.3) is 0 Å². The Morgan fingerprint density at radius 3 is 1.98 bits per heavy atom. The molecule has 1 heterocycles. The van der Waals surface area contributed by atoms with Crippen LogP contribution >= 0.6 is 0 Å². The summed E-state index contributed by atoms with van der Waals surface area (Å²) in [6.07, 6.45) is 3.70. The molecular formula is C37H44N6O5. The summed E-state index contributed by atoms with van der Waals surface area (Å²) in [6.45, 7) is 4.04. The monoisotopic (exact) mass is 652 g/mol. The van der Waals surface area contributed by atoms with Crippen molar-refractivity contribution in [1.82, 2.24) is 15.1 Å². The minimum absolute atomic E-state index is 0.0110. The van der Waals surface area contributed by atoms with Crippen LogP contribution in [0.15, 0.2) is 84.9 Å². The summed E-state index contributed by atoms with van der Waals surface area (Å²) in [5.41, 5.74) is 7.21. The van der Waals surface area contributed by atoms with Crippen molar-refractivity contribution in [1.29, 1.82) is 0 Å². The van der Waals surface area contributed by atoms with Gasteiger partial charge in [-0.1, -0.05) is 93.8 Å². The van der Waals surface area contributed by atoms with Gasteiger partial charge >= 0.3 is 12.1 Å². The SMILES string of the molecule is CC(C)CC(C(=O)NC(CC(N)=O)c1ccccc1)N1C(=O)N(Cc2ccc(NC(=O)Nc3ccccc3)cc2)C2(CCCCC2)C1=O. The number of anilines is 2. The number of nitrogens with two attached hydrogens (primary N) is 1. The van der Waals surface area contributed by atoms with Crippen LogP contribution in [0.1, 0.15) is 76.0 Å². The second kappa shape index (κ2) is 15.1. The number of rotatable bonds is 12. The van der Waals surface area contributed by atoms with Gasteiger partial charge in [0.1, 0.15) is 11.6 Å². The van der Waals surface area contributed by atoms with E-state index in [0.29, 0.717) is 29.8 Å². The van der Waals surface area contributed by atoms with Gasteiger partial charge in [0, 0.05) is 17.9 Å². The van der Waals surface area contributed by atoms with Gasteiger partial charge in [0.15, 0.2) is 0 Å². The van der Waals surface area contributed by atoms with Gasteiger partial charge in [0.05, 0.1) is 12.5 Å². The minimum atomic E-state index is -1.07. The molecule has 3 aromatic rings. The molecule has 1 aliphatic heterocycles. The number of para-hydroxylation sites is 1. The molecule has 5 N–H and O–H groups in total. The van der Waals surface area contributed by atoms with Crippen LogP contribution in [0.5, 0.6) is 0 Å². The highest BCUT2D eigenvalue weighted by Crippen LogP contribution is 2.43. The predicted octanol–water partition coefficient (Wildman–Crippen LogP) is 5.95. The first-order valence-electron chi connectivity index (χ1n) is 16.6. The zero-order valence-electron chi connectivity index (χ0n) is 27.5. The molecule has 11 heteroatoms. The first-order chi connectivity index (χ1) is 23.1. The molecule has 2 aliphatic rings. The molecule has 0 radical (unpaired) electrons. The lowest BCUT2D eigenvalue weighted by molar-refractivity contribution is -0.141. The third-order valence-electron chi connectivity index (χ3n) is 9.07. The number of imide groups is 1. The number of hydrogen-bond donors (Lipinski definition) is 4. The average molecular weight is 653 g/mol. The highest BCUT2D eigenvalue weighted by Gasteiger charge is 2.59. The highest BCUT2D eigenvalue weighted by atomic mass is 16.2. The fraction of sp³-hybridized carbons (Fsp3) is 0.378. The van der Waals surface area contributed by atoms with Gasteiger partial charge in [-0.25, -0.2) is 14.5 Å². The maximum atomic E-state index is 14.4. The van der Waals surface area contributed by atoms with E-state index in [2.05, 4.69) is 16.0 Å². The van der Waals surface area contributed by atoms with Crippen LogP contribution in [0.3, 0.4) is 0 Å². The van der Waals surface area contributed by atoms with Crippen LogP contribution in [-0.2, 0) is 20.9 Å². The lowest BCUT2D eigenvalue weighted by Gasteiger charge is -2.38. The first kappa shape index (κ1) is 34.2. The van der Waals surface area contributed by atoms with Gasteiger partial charge in [-0.2, -0.15) is 0 Å². The maximum Gasteiger partial charge on any atom is 0.328 e. The number of benzene rings is 3. The Labute approximate surface area is 281 Å². The largest absolute Gasteiger partial charge is 0.370 e. The smallest absolute Gasteiger partial charge is 0.328 e. The van der Waals surface area contributed by atoms with Crippen molar-refractivity contribution >= 4 is 41.2 Å². The number of nitrogens with one attached hydrogen (secondary N) is 3. The molecule has 2 atom stereocenters. The Bertz CT molecular complexity index is 1610. The van der Waals surface area contributed by atoms with Gasteiger partial charge in [-0.3, -0.25) is 14.4 Å². The van der Waals surface area contributed by atoms with E-state index >= 15 is 0 Å². The zero-order valence-corrected chi connectivity index (χ0v) is 27.5. The number of nitrogens with zero attached hydrogens (tertiary/aromatic N) is 2. The van der Waals surface area contributed by atoms with Crippen LogP contribution in [0, 0.1) is 5.92 Å².